The maximum Gasteiger partial charge on any atom is 0.407 e. The monoisotopic (exact) mass is 530 g/mol. The molecule has 1 saturated heterocycles. The minimum Gasteiger partial charge on any atom is -0.453 e. The molecule has 202 valence electrons. The average molecular weight is 531 g/mol. The van der Waals surface area contributed by atoms with E-state index in [2.05, 4.69) is 35.6 Å². The Morgan fingerprint density at radius 2 is 1.89 bits per heavy atom. The maximum atomic E-state index is 14.0. The zero-order valence-electron chi connectivity index (χ0n) is 20.7. The van der Waals surface area contributed by atoms with E-state index in [1.807, 2.05) is 4.90 Å². The van der Waals surface area contributed by atoms with Crippen LogP contribution in [-0.2, 0) is 14.3 Å². The van der Waals surface area contributed by atoms with Gasteiger partial charge in [-0.25, -0.2) is 18.6 Å². The fourth-order valence-electron chi connectivity index (χ4n) is 4.51. The first-order valence-electron chi connectivity index (χ1n) is 12.3. The molecule has 2 amide bonds. The molecule has 3 N–H and O–H groups in total. The summed E-state index contributed by atoms with van der Waals surface area (Å²) in [6.45, 7) is 2.01. The molecule has 2 aromatic heterocycles. The number of carbonyl (C=O) groups is 2. The molecule has 1 aliphatic heterocycles. The number of alkyl carbamates (subject to hydrolysis) is 1. The number of ether oxygens (including phenoxy) is 2. The van der Waals surface area contributed by atoms with Crippen molar-refractivity contribution in [3.63, 3.8) is 0 Å². The van der Waals surface area contributed by atoms with E-state index in [1.165, 1.54) is 11.7 Å². The standard InChI is InChI=1S/C24H28F2N8O4/c1-37-24(36)27-13-20(35)29-15-10-14(11-15)28-18-12-19(32-23(31-18)33-6-8-38-9-7-33)34-17-5-3-2-4-16(17)30-22(34)21(25)26/h2-5,12,14-15,21H,6-11,13H2,1H3,(H,27,36)(H,29,35)(H,28,31,32)/t14-,15-. The molecule has 3 aromatic rings. The fourth-order valence-corrected chi connectivity index (χ4v) is 4.51. The lowest BCUT2D eigenvalue weighted by Gasteiger charge is -2.37. The van der Waals surface area contributed by atoms with Gasteiger partial charge >= 0.3 is 6.09 Å². The molecule has 12 nitrogen and oxygen atoms in total. The Balaban J connectivity index is 1.36. The summed E-state index contributed by atoms with van der Waals surface area (Å²) in [4.78, 5) is 38.6. The summed E-state index contributed by atoms with van der Waals surface area (Å²) in [6, 6.07) is 8.50. The number of morpholine rings is 1. The number of anilines is 2. The van der Waals surface area contributed by atoms with Crippen LogP contribution in [0.25, 0.3) is 16.9 Å². The highest BCUT2D eigenvalue weighted by Crippen LogP contribution is 2.30. The first-order valence-corrected chi connectivity index (χ1v) is 12.3. The summed E-state index contributed by atoms with van der Waals surface area (Å²) in [5, 5.41) is 8.54. The van der Waals surface area contributed by atoms with E-state index >= 15 is 0 Å². The number of alkyl halides is 2. The third kappa shape index (κ3) is 5.59. The smallest absolute Gasteiger partial charge is 0.407 e. The van der Waals surface area contributed by atoms with Crippen molar-refractivity contribution in [3.05, 3.63) is 36.2 Å². The molecule has 0 atom stereocenters. The lowest BCUT2D eigenvalue weighted by molar-refractivity contribution is -0.121. The molecule has 1 saturated carbocycles. The van der Waals surface area contributed by atoms with Crippen LogP contribution in [0.4, 0.5) is 25.3 Å². The van der Waals surface area contributed by atoms with Gasteiger partial charge in [-0.2, -0.15) is 9.97 Å². The second-order valence-corrected chi connectivity index (χ2v) is 9.03. The number of carbonyl (C=O) groups excluding carboxylic acids is 2. The lowest BCUT2D eigenvalue weighted by atomic mass is 9.86. The first-order chi connectivity index (χ1) is 18.4. The number of rotatable bonds is 8. The number of amides is 2. The van der Waals surface area contributed by atoms with Crippen LogP contribution in [0, 0.1) is 0 Å². The number of hydrogen-bond acceptors (Lipinski definition) is 9. The fraction of sp³-hybridized carbons (Fsp3) is 0.458. The summed E-state index contributed by atoms with van der Waals surface area (Å²) < 4.78 is 39.3. The summed E-state index contributed by atoms with van der Waals surface area (Å²) in [5.41, 5.74) is 0.968. The largest absolute Gasteiger partial charge is 0.453 e. The van der Waals surface area contributed by atoms with Crippen molar-refractivity contribution in [1.82, 2.24) is 30.2 Å². The highest BCUT2D eigenvalue weighted by atomic mass is 19.3. The molecule has 0 unspecified atom stereocenters. The van der Waals surface area contributed by atoms with Gasteiger partial charge in [0.2, 0.25) is 11.9 Å². The van der Waals surface area contributed by atoms with E-state index in [0.29, 0.717) is 61.9 Å². The number of halogens is 2. The third-order valence-electron chi connectivity index (χ3n) is 6.44. The second-order valence-electron chi connectivity index (χ2n) is 9.03. The van der Waals surface area contributed by atoms with Gasteiger partial charge < -0.3 is 30.3 Å². The van der Waals surface area contributed by atoms with Gasteiger partial charge in [0, 0.05) is 31.2 Å². The van der Waals surface area contributed by atoms with E-state index in [4.69, 9.17) is 4.74 Å². The number of hydrogen-bond donors (Lipinski definition) is 3. The molecule has 0 radical (unpaired) electrons. The Morgan fingerprint density at radius 1 is 1.13 bits per heavy atom. The van der Waals surface area contributed by atoms with Crippen LogP contribution in [0.2, 0.25) is 0 Å². The quantitative estimate of drug-likeness (QED) is 0.400. The molecule has 2 fully saturated rings. The molecule has 2 aliphatic rings. The minimum absolute atomic E-state index is 0.00301. The van der Waals surface area contributed by atoms with E-state index in [1.54, 1.807) is 30.3 Å². The minimum atomic E-state index is -2.80. The molecular formula is C24H28F2N8O4. The predicted molar refractivity (Wildman–Crippen MR) is 134 cm³/mol. The van der Waals surface area contributed by atoms with Crippen LogP contribution in [0.1, 0.15) is 25.1 Å². The van der Waals surface area contributed by atoms with Crippen molar-refractivity contribution in [2.24, 2.45) is 0 Å². The summed E-state index contributed by atoms with van der Waals surface area (Å²) in [6.07, 6.45) is -2.21. The number of methoxy groups -OCH3 is 1. The highest BCUT2D eigenvalue weighted by molar-refractivity contribution is 5.82. The van der Waals surface area contributed by atoms with Gasteiger partial charge in [-0.05, 0) is 25.0 Å². The van der Waals surface area contributed by atoms with Crippen molar-refractivity contribution in [3.8, 4) is 5.82 Å². The van der Waals surface area contributed by atoms with Gasteiger partial charge in [-0.15, -0.1) is 0 Å². The van der Waals surface area contributed by atoms with Crippen LogP contribution >= 0.6 is 0 Å². The molecule has 3 heterocycles. The topological polar surface area (TPSA) is 136 Å². The summed E-state index contributed by atoms with van der Waals surface area (Å²) in [7, 11) is 1.22. The van der Waals surface area contributed by atoms with Crippen molar-refractivity contribution < 1.29 is 27.8 Å². The van der Waals surface area contributed by atoms with Crippen molar-refractivity contribution in [1.29, 1.82) is 0 Å². The molecular weight excluding hydrogens is 502 g/mol. The molecule has 38 heavy (non-hydrogen) atoms. The van der Waals surface area contributed by atoms with Crippen molar-refractivity contribution >= 4 is 34.8 Å². The van der Waals surface area contributed by atoms with Crippen molar-refractivity contribution in [2.45, 2.75) is 31.4 Å². The Hall–Kier alpha value is -4.07. The number of para-hydroxylation sites is 2. The molecule has 0 spiro atoms. The second kappa shape index (κ2) is 11.1. The van der Waals surface area contributed by atoms with E-state index < -0.39 is 18.3 Å². The summed E-state index contributed by atoms with van der Waals surface area (Å²) >= 11 is 0. The molecule has 1 aromatic carbocycles. The SMILES string of the molecule is COC(=O)NCC(=O)N[C@H]1C[C@H](Nc2cc(-n3c(C(F)F)nc4ccccc43)nc(N3CCOCC3)n2)C1. The van der Waals surface area contributed by atoms with Gasteiger partial charge in [-0.3, -0.25) is 9.36 Å². The number of fused-ring (bicyclic) bond motifs is 1. The predicted octanol–water partition coefficient (Wildman–Crippen LogP) is 2.00. The van der Waals surface area contributed by atoms with Crippen LogP contribution in [-0.4, -0.2) is 83.6 Å². The Labute approximate surface area is 216 Å². The third-order valence-corrected chi connectivity index (χ3v) is 6.44. The highest BCUT2D eigenvalue weighted by Gasteiger charge is 2.31. The van der Waals surface area contributed by atoms with Gasteiger partial charge in [0.1, 0.15) is 18.2 Å². The number of imidazole rings is 1. The number of aromatic nitrogens is 4. The first kappa shape index (κ1) is 25.6. The van der Waals surface area contributed by atoms with Gasteiger partial charge in [0.05, 0.1) is 31.4 Å². The van der Waals surface area contributed by atoms with E-state index in [0.717, 1.165) is 0 Å². The molecule has 1 aliphatic carbocycles. The Bertz CT molecular complexity index is 1310. The maximum absolute atomic E-state index is 14.0. The van der Waals surface area contributed by atoms with Crippen molar-refractivity contribution in [2.75, 3.05) is 50.2 Å². The average Bonchev–Trinajstić information content (AvgIpc) is 3.31. The molecule has 5 rings (SSSR count). The number of benzene rings is 1. The number of nitrogens with zero attached hydrogens (tertiary/aromatic N) is 5. The van der Waals surface area contributed by atoms with Crippen LogP contribution in [0.5, 0.6) is 0 Å². The zero-order valence-corrected chi connectivity index (χ0v) is 20.7. The lowest BCUT2D eigenvalue weighted by Crippen LogP contribution is -2.51. The van der Waals surface area contributed by atoms with Crippen LogP contribution < -0.4 is 20.9 Å². The normalized spacial score (nSPS) is 19.2. The zero-order chi connectivity index (χ0) is 26.6. The summed E-state index contributed by atoms with van der Waals surface area (Å²) in [5.74, 6) is 0.465. The Morgan fingerprint density at radius 3 is 2.63 bits per heavy atom. The van der Waals surface area contributed by atoms with E-state index in [-0.39, 0.29) is 30.4 Å². The van der Waals surface area contributed by atoms with E-state index in [9.17, 15) is 18.4 Å². The van der Waals surface area contributed by atoms with Crippen LogP contribution in [0.3, 0.4) is 0 Å². The number of nitrogens with one attached hydrogen (secondary N) is 3. The Kier molecular flexibility index (Phi) is 7.49. The van der Waals surface area contributed by atoms with Gasteiger partial charge in [0.15, 0.2) is 5.82 Å². The van der Waals surface area contributed by atoms with Crippen LogP contribution in [0.15, 0.2) is 30.3 Å². The van der Waals surface area contributed by atoms with Gasteiger partial charge in [-0.1, -0.05) is 12.1 Å². The molecule has 14 heteroatoms. The molecule has 0 bridgehead atoms. The van der Waals surface area contributed by atoms with Gasteiger partial charge in [0.25, 0.3) is 6.43 Å².